The Hall–Kier alpha value is -1.84. The van der Waals surface area contributed by atoms with Gasteiger partial charge in [-0.15, -0.1) is 0 Å². The zero-order valence-corrected chi connectivity index (χ0v) is 17.8. The fourth-order valence-corrected chi connectivity index (χ4v) is 4.52. The number of aryl methyl sites for hydroxylation is 3. The molecule has 2 aliphatic rings. The lowest BCUT2D eigenvalue weighted by Crippen LogP contribution is -2.14. The van der Waals surface area contributed by atoms with Crippen molar-refractivity contribution in [2.75, 3.05) is 0 Å². The second-order valence-electron chi connectivity index (χ2n) is 9.55. The molecule has 0 atom stereocenters. The first-order valence-electron chi connectivity index (χ1n) is 11.4. The smallest absolute Gasteiger partial charge is 0.309 e. The number of aliphatic carboxylic acids is 2. The highest BCUT2D eigenvalue weighted by Crippen LogP contribution is 2.50. The topological polar surface area (TPSA) is 74.6 Å². The van der Waals surface area contributed by atoms with Crippen LogP contribution < -0.4 is 0 Å². The Kier molecular flexibility index (Phi) is 7.02. The molecule has 2 fully saturated rings. The van der Waals surface area contributed by atoms with Gasteiger partial charge >= 0.3 is 11.9 Å². The molecule has 0 amide bonds. The average Bonchev–Trinajstić information content (AvgIpc) is 3.59. The van der Waals surface area contributed by atoms with Gasteiger partial charge in [-0.1, -0.05) is 43.9 Å². The summed E-state index contributed by atoms with van der Waals surface area (Å²) < 4.78 is 0. The minimum absolute atomic E-state index is 0.367. The minimum atomic E-state index is -0.606. The van der Waals surface area contributed by atoms with Crippen LogP contribution in [-0.2, 0) is 22.4 Å². The van der Waals surface area contributed by atoms with E-state index < -0.39 is 11.9 Å². The van der Waals surface area contributed by atoms with Crippen molar-refractivity contribution >= 4 is 11.9 Å². The highest BCUT2D eigenvalue weighted by molar-refractivity contribution is 5.78. The van der Waals surface area contributed by atoms with E-state index in [9.17, 15) is 19.8 Å². The number of carboxylic acid groups (broad SMARTS) is 2. The number of hydrogen-bond donors (Lipinski definition) is 2. The highest BCUT2D eigenvalue weighted by atomic mass is 16.4. The molecule has 0 bridgehead atoms. The fraction of sp³-hybridized carbons (Fsp3) is 0.680. The van der Waals surface area contributed by atoms with Crippen LogP contribution in [0.2, 0.25) is 0 Å². The third kappa shape index (κ3) is 5.83. The first-order chi connectivity index (χ1) is 13.9. The van der Waals surface area contributed by atoms with Gasteiger partial charge in [0.1, 0.15) is 0 Å². The zero-order valence-electron chi connectivity index (χ0n) is 17.8. The SMILES string of the molecule is Cc1ccc(CCCCC2(C(=O)O)CC2)cc1CCCCCCC1(C(=O)O)CC1. The molecule has 0 aromatic heterocycles. The summed E-state index contributed by atoms with van der Waals surface area (Å²) in [5.74, 6) is -1.20. The summed E-state index contributed by atoms with van der Waals surface area (Å²) >= 11 is 0. The summed E-state index contributed by atoms with van der Waals surface area (Å²) in [6, 6.07) is 6.76. The normalized spacial score (nSPS) is 18.4. The lowest BCUT2D eigenvalue weighted by molar-refractivity contribution is -0.144. The van der Waals surface area contributed by atoms with Gasteiger partial charge in [0, 0.05) is 0 Å². The van der Waals surface area contributed by atoms with E-state index in [0.717, 1.165) is 89.9 Å². The quantitative estimate of drug-likeness (QED) is 0.380. The van der Waals surface area contributed by atoms with Crippen LogP contribution in [0.5, 0.6) is 0 Å². The molecule has 1 aromatic rings. The van der Waals surface area contributed by atoms with Crippen LogP contribution >= 0.6 is 0 Å². The van der Waals surface area contributed by atoms with Crippen LogP contribution in [0.25, 0.3) is 0 Å². The molecule has 0 unspecified atom stereocenters. The summed E-state index contributed by atoms with van der Waals surface area (Å²) in [5.41, 5.74) is 3.38. The molecule has 0 aliphatic heterocycles. The van der Waals surface area contributed by atoms with E-state index in [1.807, 2.05) is 0 Å². The van der Waals surface area contributed by atoms with Crippen molar-refractivity contribution in [2.45, 2.75) is 96.8 Å². The molecule has 2 N–H and O–H groups in total. The molecule has 0 spiro atoms. The first-order valence-corrected chi connectivity index (χ1v) is 11.4. The van der Waals surface area contributed by atoms with Crippen molar-refractivity contribution in [3.8, 4) is 0 Å². The molecule has 160 valence electrons. The Balaban J connectivity index is 1.33. The summed E-state index contributed by atoms with van der Waals surface area (Å²) in [6.07, 6.45) is 13.8. The molecule has 1 aromatic carbocycles. The van der Waals surface area contributed by atoms with E-state index in [1.54, 1.807) is 0 Å². The molecule has 0 heterocycles. The maximum absolute atomic E-state index is 11.3. The lowest BCUT2D eigenvalue weighted by Gasteiger charge is -2.11. The van der Waals surface area contributed by atoms with Gasteiger partial charge in [0.25, 0.3) is 0 Å². The molecule has 2 saturated carbocycles. The van der Waals surface area contributed by atoms with Gasteiger partial charge in [-0.2, -0.15) is 0 Å². The maximum atomic E-state index is 11.3. The summed E-state index contributed by atoms with van der Waals surface area (Å²) in [6.45, 7) is 2.17. The van der Waals surface area contributed by atoms with Crippen molar-refractivity contribution in [3.63, 3.8) is 0 Å². The predicted octanol–water partition coefficient (Wildman–Crippen LogP) is 5.93. The molecular weight excluding hydrogens is 364 g/mol. The standard InChI is InChI=1S/C25H36O4/c1-19-10-11-20(8-5-7-13-25(16-17-25)23(28)29)18-21(19)9-4-2-3-6-12-24(14-15-24)22(26)27/h10-11,18H,2-9,12-17H2,1H3,(H,26,27)(H,28,29). The average molecular weight is 401 g/mol. The number of carboxylic acids is 2. The van der Waals surface area contributed by atoms with Crippen LogP contribution in [0.1, 0.15) is 93.7 Å². The van der Waals surface area contributed by atoms with E-state index in [2.05, 4.69) is 25.1 Å². The van der Waals surface area contributed by atoms with Crippen molar-refractivity contribution < 1.29 is 19.8 Å². The Morgan fingerprint density at radius 1 is 0.793 bits per heavy atom. The Bertz CT molecular complexity index is 728. The molecule has 3 rings (SSSR count). The summed E-state index contributed by atoms with van der Waals surface area (Å²) in [4.78, 5) is 22.5. The number of rotatable bonds is 14. The minimum Gasteiger partial charge on any atom is -0.481 e. The number of hydrogen-bond acceptors (Lipinski definition) is 2. The van der Waals surface area contributed by atoms with E-state index in [0.29, 0.717) is 0 Å². The molecule has 0 saturated heterocycles. The van der Waals surface area contributed by atoms with Crippen molar-refractivity contribution in [1.29, 1.82) is 0 Å². The molecule has 2 aliphatic carbocycles. The first kappa shape index (κ1) is 21.9. The Morgan fingerprint density at radius 2 is 1.31 bits per heavy atom. The predicted molar refractivity (Wildman–Crippen MR) is 114 cm³/mol. The van der Waals surface area contributed by atoms with Gasteiger partial charge in [0.15, 0.2) is 0 Å². The molecule has 4 heteroatoms. The lowest BCUT2D eigenvalue weighted by atomic mass is 9.94. The van der Waals surface area contributed by atoms with Crippen molar-refractivity contribution in [3.05, 3.63) is 34.9 Å². The van der Waals surface area contributed by atoms with Gasteiger partial charge in [-0.25, -0.2) is 0 Å². The molecule has 4 nitrogen and oxygen atoms in total. The Labute approximate surface area is 174 Å². The van der Waals surface area contributed by atoms with Gasteiger partial charge in [0.2, 0.25) is 0 Å². The van der Waals surface area contributed by atoms with E-state index >= 15 is 0 Å². The van der Waals surface area contributed by atoms with E-state index in [1.165, 1.54) is 16.7 Å². The molecular formula is C25H36O4. The number of benzene rings is 1. The number of unbranched alkanes of at least 4 members (excludes halogenated alkanes) is 4. The van der Waals surface area contributed by atoms with Crippen molar-refractivity contribution in [1.82, 2.24) is 0 Å². The zero-order chi connectivity index (χ0) is 20.9. The third-order valence-corrected chi connectivity index (χ3v) is 7.25. The second kappa shape index (κ2) is 9.32. The van der Waals surface area contributed by atoms with Crippen LogP contribution in [0.3, 0.4) is 0 Å². The summed E-state index contributed by atoms with van der Waals surface area (Å²) in [7, 11) is 0. The molecule has 0 radical (unpaired) electrons. The van der Waals surface area contributed by atoms with Crippen LogP contribution in [0.15, 0.2) is 18.2 Å². The van der Waals surface area contributed by atoms with Gasteiger partial charge in [-0.05, 0) is 87.8 Å². The van der Waals surface area contributed by atoms with E-state index in [-0.39, 0.29) is 10.8 Å². The van der Waals surface area contributed by atoms with Crippen LogP contribution in [-0.4, -0.2) is 22.2 Å². The molecule has 29 heavy (non-hydrogen) atoms. The largest absolute Gasteiger partial charge is 0.481 e. The second-order valence-corrected chi connectivity index (χ2v) is 9.55. The van der Waals surface area contributed by atoms with Gasteiger partial charge in [-0.3, -0.25) is 9.59 Å². The Morgan fingerprint density at radius 3 is 1.86 bits per heavy atom. The van der Waals surface area contributed by atoms with E-state index in [4.69, 9.17) is 0 Å². The maximum Gasteiger partial charge on any atom is 0.309 e. The monoisotopic (exact) mass is 400 g/mol. The van der Waals surface area contributed by atoms with Crippen molar-refractivity contribution in [2.24, 2.45) is 10.8 Å². The fourth-order valence-electron chi connectivity index (χ4n) is 4.52. The third-order valence-electron chi connectivity index (χ3n) is 7.25. The van der Waals surface area contributed by atoms with Gasteiger partial charge < -0.3 is 10.2 Å². The number of carbonyl (C=O) groups is 2. The van der Waals surface area contributed by atoms with Crippen LogP contribution in [0.4, 0.5) is 0 Å². The highest BCUT2D eigenvalue weighted by Gasteiger charge is 2.49. The van der Waals surface area contributed by atoms with Gasteiger partial charge in [0.05, 0.1) is 10.8 Å². The van der Waals surface area contributed by atoms with Crippen LogP contribution in [0, 0.1) is 17.8 Å². The summed E-state index contributed by atoms with van der Waals surface area (Å²) in [5, 5.41) is 18.5.